The van der Waals surface area contributed by atoms with E-state index in [1.165, 1.54) is 0 Å². The Bertz CT molecular complexity index is 1220. The van der Waals surface area contributed by atoms with Crippen LogP contribution in [0.5, 0.6) is 0 Å². The van der Waals surface area contributed by atoms with Crippen LogP contribution < -0.4 is 0 Å². The molecule has 1 heterocycles. The molecule has 0 aliphatic carbocycles. The highest BCUT2D eigenvalue weighted by Crippen LogP contribution is 2.31. The van der Waals surface area contributed by atoms with Crippen LogP contribution in [0.3, 0.4) is 0 Å². The normalized spacial score (nSPS) is 11.4. The van der Waals surface area contributed by atoms with Crippen molar-refractivity contribution < 1.29 is 9.59 Å². The van der Waals surface area contributed by atoms with Crippen LogP contribution in [0.25, 0.3) is 21.8 Å². The number of hydrogen-bond acceptors (Lipinski definition) is 3. The third-order valence-electron chi connectivity index (χ3n) is 5.26. The summed E-state index contributed by atoms with van der Waals surface area (Å²) in [5, 5.41) is 2.01. The van der Waals surface area contributed by atoms with Crippen LogP contribution in [0, 0.1) is 0 Å². The first kappa shape index (κ1) is 19.1. The molecule has 4 heteroatoms. The third kappa shape index (κ3) is 3.47. The quantitative estimate of drug-likeness (QED) is 0.449. The Hall–Kier alpha value is -3.24. The molecule has 29 heavy (non-hydrogen) atoms. The summed E-state index contributed by atoms with van der Waals surface area (Å²) >= 11 is 0. The number of nitrogens with zero attached hydrogens (tertiary/aromatic N) is 2. The van der Waals surface area contributed by atoms with Crippen molar-refractivity contribution >= 4 is 33.4 Å². The van der Waals surface area contributed by atoms with Crippen LogP contribution in [0.2, 0.25) is 0 Å². The van der Waals surface area contributed by atoms with Crippen LogP contribution >= 0.6 is 0 Å². The highest BCUT2D eigenvalue weighted by atomic mass is 16.1. The van der Waals surface area contributed by atoms with Gasteiger partial charge in [-0.3, -0.25) is 9.59 Å². The number of Topliss-reactive ketones (excluding diaryl/α,β-unsaturated/α-hetero) is 1. The topological polar surface area (TPSA) is 42.3 Å². The molecule has 0 fully saturated rings. The lowest BCUT2D eigenvalue weighted by Crippen LogP contribution is -2.21. The lowest BCUT2D eigenvalue weighted by molar-refractivity contribution is 0.0957. The standard InChI is InChI=1S/C25H24N2O2/c1-4-27-22-12-10-18(24(28)16-26(2)3)14-20(22)21-15-19(11-13-23(21)27)25(29)17-8-6-5-7-9-17/h5-15H,4,16H2,1-3H3. The molecule has 0 saturated heterocycles. The fraction of sp³-hybridized carbons (Fsp3) is 0.200. The van der Waals surface area contributed by atoms with E-state index in [1.54, 1.807) is 0 Å². The highest BCUT2D eigenvalue weighted by Gasteiger charge is 2.16. The minimum Gasteiger partial charge on any atom is -0.341 e. The highest BCUT2D eigenvalue weighted by molar-refractivity contribution is 6.15. The predicted octanol–water partition coefficient (Wildman–Crippen LogP) is 4.79. The zero-order valence-electron chi connectivity index (χ0n) is 17.0. The second-order valence-corrected chi connectivity index (χ2v) is 7.56. The Morgan fingerprint density at radius 3 is 1.97 bits per heavy atom. The lowest BCUT2D eigenvalue weighted by atomic mass is 10.0. The first-order valence-corrected chi connectivity index (χ1v) is 9.83. The number of rotatable bonds is 6. The van der Waals surface area contributed by atoms with Crippen LogP contribution in [0.15, 0.2) is 66.7 Å². The molecule has 3 aromatic carbocycles. The number of fused-ring (bicyclic) bond motifs is 3. The average Bonchev–Trinajstić information content (AvgIpc) is 3.05. The minimum absolute atomic E-state index is 0.00439. The second-order valence-electron chi connectivity index (χ2n) is 7.56. The van der Waals surface area contributed by atoms with Crippen molar-refractivity contribution in [3.63, 3.8) is 0 Å². The van der Waals surface area contributed by atoms with Gasteiger partial charge < -0.3 is 9.47 Å². The number of hydrogen-bond donors (Lipinski definition) is 0. The van der Waals surface area contributed by atoms with Gasteiger partial charge in [0.1, 0.15) is 0 Å². The lowest BCUT2D eigenvalue weighted by Gasteiger charge is -2.08. The SMILES string of the molecule is CCn1c2ccc(C(=O)CN(C)C)cc2c2cc(C(=O)c3ccccc3)ccc21. The van der Waals surface area contributed by atoms with Gasteiger partial charge in [-0.2, -0.15) is 0 Å². The maximum Gasteiger partial charge on any atom is 0.193 e. The molecule has 0 radical (unpaired) electrons. The summed E-state index contributed by atoms with van der Waals surface area (Å²) in [6.07, 6.45) is 0. The van der Waals surface area contributed by atoms with Crippen molar-refractivity contribution in [2.45, 2.75) is 13.5 Å². The molecule has 0 spiro atoms. The summed E-state index contributed by atoms with van der Waals surface area (Å²) in [5.74, 6) is 0.0931. The van der Waals surface area contributed by atoms with Gasteiger partial charge in [0.15, 0.2) is 11.6 Å². The van der Waals surface area contributed by atoms with E-state index in [0.717, 1.165) is 28.4 Å². The number of carbonyl (C=O) groups is 2. The predicted molar refractivity (Wildman–Crippen MR) is 118 cm³/mol. The van der Waals surface area contributed by atoms with Gasteiger partial charge in [-0.1, -0.05) is 30.3 Å². The summed E-state index contributed by atoms with van der Waals surface area (Å²) in [5.41, 5.74) is 4.18. The Morgan fingerprint density at radius 1 is 0.793 bits per heavy atom. The number of aryl methyl sites for hydroxylation is 1. The van der Waals surface area contributed by atoms with E-state index in [1.807, 2.05) is 85.7 Å². The molecule has 0 amide bonds. The van der Waals surface area contributed by atoms with Crippen LogP contribution in [-0.2, 0) is 6.54 Å². The summed E-state index contributed by atoms with van der Waals surface area (Å²) < 4.78 is 2.22. The van der Waals surface area contributed by atoms with Gasteiger partial charge in [-0.25, -0.2) is 0 Å². The Morgan fingerprint density at radius 2 is 1.38 bits per heavy atom. The fourth-order valence-corrected chi connectivity index (χ4v) is 3.89. The second kappa shape index (κ2) is 7.64. The minimum atomic E-state index is 0.00439. The van der Waals surface area contributed by atoms with Gasteiger partial charge >= 0.3 is 0 Å². The Kier molecular flexibility index (Phi) is 5.03. The molecule has 0 saturated carbocycles. The van der Waals surface area contributed by atoms with Gasteiger partial charge in [0, 0.05) is 45.0 Å². The number of benzene rings is 3. The van der Waals surface area contributed by atoms with Gasteiger partial charge in [0.05, 0.1) is 6.54 Å². The summed E-state index contributed by atoms with van der Waals surface area (Å²) in [4.78, 5) is 27.4. The molecular weight excluding hydrogens is 360 g/mol. The smallest absolute Gasteiger partial charge is 0.193 e. The van der Waals surface area contributed by atoms with Crippen molar-refractivity contribution in [2.24, 2.45) is 0 Å². The maximum atomic E-state index is 12.9. The number of likely N-dealkylation sites (N-methyl/N-ethyl adjacent to an activating group) is 1. The third-order valence-corrected chi connectivity index (χ3v) is 5.26. The van der Waals surface area contributed by atoms with E-state index < -0.39 is 0 Å². The Balaban J connectivity index is 1.88. The largest absolute Gasteiger partial charge is 0.341 e. The van der Waals surface area contributed by atoms with E-state index >= 15 is 0 Å². The maximum absolute atomic E-state index is 12.9. The molecule has 0 aliphatic heterocycles. The number of carbonyl (C=O) groups excluding carboxylic acids is 2. The summed E-state index contributed by atoms with van der Waals surface area (Å²) in [6, 6.07) is 21.0. The molecule has 0 bridgehead atoms. The molecule has 4 rings (SSSR count). The van der Waals surface area contributed by atoms with Gasteiger partial charge in [0.2, 0.25) is 0 Å². The first-order chi connectivity index (χ1) is 14.0. The summed E-state index contributed by atoms with van der Waals surface area (Å²) in [7, 11) is 3.78. The molecule has 4 aromatic rings. The summed E-state index contributed by atoms with van der Waals surface area (Å²) in [6.45, 7) is 3.29. The first-order valence-electron chi connectivity index (χ1n) is 9.83. The van der Waals surface area contributed by atoms with Crippen molar-refractivity contribution in [1.29, 1.82) is 0 Å². The molecule has 0 aliphatic rings. The van der Waals surface area contributed by atoms with Gasteiger partial charge in [-0.15, -0.1) is 0 Å². The molecule has 1 aromatic heterocycles. The van der Waals surface area contributed by atoms with Crippen LogP contribution in [0.1, 0.15) is 33.2 Å². The molecule has 0 atom stereocenters. The van der Waals surface area contributed by atoms with E-state index in [0.29, 0.717) is 23.2 Å². The van der Waals surface area contributed by atoms with Gasteiger partial charge in [0.25, 0.3) is 0 Å². The van der Waals surface area contributed by atoms with Crippen molar-refractivity contribution in [3.05, 3.63) is 83.4 Å². The Labute approximate surface area is 170 Å². The molecule has 0 unspecified atom stereocenters. The average molecular weight is 384 g/mol. The zero-order valence-corrected chi connectivity index (χ0v) is 17.0. The molecule has 146 valence electrons. The van der Waals surface area contributed by atoms with Crippen molar-refractivity contribution in [2.75, 3.05) is 20.6 Å². The van der Waals surface area contributed by atoms with E-state index in [9.17, 15) is 9.59 Å². The zero-order chi connectivity index (χ0) is 20.5. The fourth-order valence-electron chi connectivity index (χ4n) is 3.89. The van der Waals surface area contributed by atoms with Gasteiger partial charge in [-0.05, 0) is 57.4 Å². The van der Waals surface area contributed by atoms with Crippen molar-refractivity contribution in [1.82, 2.24) is 9.47 Å². The molecule has 0 N–H and O–H groups in total. The van der Waals surface area contributed by atoms with E-state index in [-0.39, 0.29) is 11.6 Å². The van der Waals surface area contributed by atoms with Crippen LogP contribution in [-0.4, -0.2) is 41.7 Å². The monoisotopic (exact) mass is 384 g/mol. The number of ketones is 2. The van der Waals surface area contributed by atoms with Crippen LogP contribution in [0.4, 0.5) is 0 Å². The van der Waals surface area contributed by atoms with E-state index in [2.05, 4.69) is 11.5 Å². The number of aromatic nitrogens is 1. The van der Waals surface area contributed by atoms with E-state index in [4.69, 9.17) is 0 Å². The molecule has 4 nitrogen and oxygen atoms in total. The van der Waals surface area contributed by atoms with Crippen molar-refractivity contribution in [3.8, 4) is 0 Å². The molecular formula is C25H24N2O2.